The second-order valence-corrected chi connectivity index (χ2v) is 2.43. The molecule has 1 atom stereocenters. The molecule has 1 aromatic rings. The van der Waals surface area contributed by atoms with Gasteiger partial charge in [-0.15, -0.1) is 12.4 Å². The van der Waals surface area contributed by atoms with Crippen LogP contribution in [-0.4, -0.2) is 6.54 Å². The van der Waals surface area contributed by atoms with Crippen LogP contribution in [-0.2, 0) is 0 Å². The molecule has 0 bridgehead atoms. The molecule has 0 spiro atoms. The number of halogens is 1. The lowest BCUT2D eigenvalue weighted by atomic mass is 10.1. The van der Waals surface area contributed by atoms with E-state index in [0.29, 0.717) is 6.54 Å². The molecule has 1 rings (SSSR count). The van der Waals surface area contributed by atoms with Crippen molar-refractivity contribution in [1.29, 1.82) is 0 Å². The van der Waals surface area contributed by atoms with Gasteiger partial charge in [0.15, 0.2) is 0 Å². The molecule has 13 heavy (non-hydrogen) atoms. The third-order valence-electron chi connectivity index (χ3n) is 1.57. The second-order valence-electron chi connectivity index (χ2n) is 2.43. The highest BCUT2D eigenvalue weighted by molar-refractivity contribution is 5.85. The summed E-state index contributed by atoms with van der Waals surface area (Å²) in [4.78, 5) is 2.65. The molecule has 0 aliphatic heterocycles. The Balaban J connectivity index is 0.00000144. The van der Waals surface area contributed by atoms with E-state index in [1.54, 1.807) is 0 Å². The van der Waals surface area contributed by atoms with Crippen molar-refractivity contribution < 1.29 is 0 Å². The van der Waals surface area contributed by atoms with Gasteiger partial charge in [-0.2, -0.15) is 0 Å². The van der Waals surface area contributed by atoms with Crippen LogP contribution in [0.3, 0.4) is 0 Å². The van der Waals surface area contributed by atoms with Gasteiger partial charge in [0.25, 0.3) is 0 Å². The van der Waals surface area contributed by atoms with Crippen molar-refractivity contribution in [3.05, 3.63) is 46.3 Å². The Labute approximate surface area is 82.8 Å². The number of nitrogens with two attached hydrogens (primary N) is 1. The van der Waals surface area contributed by atoms with Crippen molar-refractivity contribution in [2.75, 3.05) is 6.54 Å². The molecule has 0 unspecified atom stereocenters. The summed E-state index contributed by atoms with van der Waals surface area (Å²) in [5.41, 5.74) is 14.8. The maximum absolute atomic E-state index is 8.06. The van der Waals surface area contributed by atoms with Gasteiger partial charge in [-0.3, -0.25) is 0 Å². The van der Waals surface area contributed by atoms with E-state index in [9.17, 15) is 0 Å². The fourth-order valence-corrected chi connectivity index (χ4v) is 0.930. The van der Waals surface area contributed by atoms with E-state index >= 15 is 0 Å². The van der Waals surface area contributed by atoms with Gasteiger partial charge in [-0.1, -0.05) is 35.4 Å². The van der Waals surface area contributed by atoms with Gasteiger partial charge in [0.2, 0.25) is 0 Å². The first-order chi connectivity index (χ1) is 5.84. The van der Waals surface area contributed by atoms with Crippen molar-refractivity contribution in [2.24, 2.45) is 10.8 Å². The molecular formula is C8H11ClN4. The first-order valence-electron chi connectivity index (χ1n) is 3.66. The molecule has 0 heterocycles. The second kappa shape index (κ2) is 6.31. The number of rotatable bonds is 3. The standard InChI is InChI=1S/C8H10N4.ClH/c9-8(6-11-12-10)7-4-2-1-3-5-7;/h1-5,8H,6,9H2;1H/t8-;/m0./s1. The Morgan fingerprint density at radius 1 is 1.38 bits per heavy atom. The molecule has 0 saturated carbocycles. The number of nitrogens with zero attached hydrogens (tertiary/aromatic N) is 3. The highest BCUT2D eigenvalue weighted by Gasteiger charge is 2.01. The lowest BCUT2D eigenvalue weighted by molar-refractivity contribution is 0.733. The van der Waals surface area contributed by atoms with Crippen LogP contribution in [0.1, 0.15) is 11.6 Å². The molecule has 0 aliphatic rings. The smallest absolute Gasteiger partial charge is 0.0451 e. The fourth-order valence-electron chi connectivity index (χ4n) is 0.930. The van der Waals surface area contributed by atoms with Gasteiger partial charge >= 0.3 is 0 Å². The van der Waals surface area contributed by atoms with Crippen LogP contribution < -0.4 is 5.73 Å². The van der Waals surface area contributed by atoms with E-state index in [1.165, 1.54) is 0 Å². The van der Waals surface area contributed by atoms with Crippen molar-refractivity contribution in [1.82, 2.24) is 0 Å². The first kappa shape index (κ1) is 11.8. The molecule has 5 heteroatoms. The van der Waals surface area contributed by atoms with E-state index in [4.69, 9.17) is 11.3 Å². The third kappa shape index (κ3) is 3.80. The Hall–Kier alpha value is -1.22. The van der Waals surface area contributed by atoms with Crippen LogP contribution >= 0.6 is 12.4 Å². The average Bonchev–Trinajstić information content (AvgIpc) is 2.15. The Kier molecular flexibility index (Phi) is 5.72. The summed E-state index contributed by atoms with van der Waals surface area (Å²) in [7, 11) is 0. The van der Waals surface area contributed by atoms with Crippen LogP contribution in [0.4, 0.5) is 0 Å². The van der Waals surface area contributed by atoms with Gasteiger partial charge in [-0.05, 0) is 11.1 Å². The van der Waals surface area contributed by atoms with E-state index in [-0.39, 0.29) is 18.4 Å². The topological polar surface area (TPSA) is 74.8 Å². The summed E-state index contributed by atoms with van der Waals surface area (Å²) < 4.78 is 0. The molecular weight excluding hydrogens is 188 g/mol. The van der Waals surface area contributed by atoms with Gasteiger partial charge in [0.1, 0.15) is 0 Å². The SMILES string of the molecule is Cl.[N-]=[N+]=NC[C@H](N)c1ccccc1. The number of benzene rings is 1. The van der Waals surface area contributed by atoms with Gasteiger partial charge in [0, 0.05) is 17.5 Å². The summed E-state index contributed by atoms with van der Waals surface area (Å²) in [5, 5.41) is 3.40. The van der Waals surface area contributed by atoms with E-state index in [0.717, 1.165) is 5.56 Å². The van der Waals surface area contributed by atoms with Crippen LogP contribution in [0.5, 0.6) is 0 Å². The van der Waals surface area contributed by atoms with Gasteiger partial charge in [0.05, 0.1) is 0 Å². The van der Waals surface area contributed by atoms with E-state index in [2.05, 4.69) is 10.0 Å². The molecule has 70 valence electrons. The Morgan fingerprint density at radius 3 is 2.54 bits per heavy atom. The molecule has 0 saturated heterocycles. The third-order valence-corrected chi connectivity index (χ3v) is 1.57. The number of hydrogen-bond donors (Lipinski definition) is 1. The summed E-state index contributed by atoms with van der Waals surface area (Å²) in [5.74, 6) is 0. The van der Waals surface area contributed by atoms with E-state index in [1.807, 2.05) is 30.3 Å². The van der Waals surface area contributed by atoms with Crippen LogP contribution in [0.15, 0.2) is 35.4 Å². The molecule has 0 aromatic heterocycles. The van der Waals surface area contributed by atoms with E-state index < -0.39 is 0 Å². The van der Waals surface area contributed by atoms with Crippen LogP contribution in [0, 0.1) is 0 Å². The minimum atomic E-state index is -0.193. The molecule has 1 aromatic carbocycles. The maximum atomic E-state index is 8.06. The zero-order valence-corrected chi connectivity index (χ0v) is 7.81. The monoisotopic (exact) mass is 198 g/mol. The quantitative estimate of drug-likeness (QED) is 0.452. The maximum Gasteiger partial charge on any atom is 0.0451 e. The molecule has 0 fully saturated rings. The average molecular weight is 199 g/mol. The Morgan fingerprint density at radius 2 is 2.00 bits per heavy atom. The highest BCUT2D eigenvalue weighted by Crippen LogP contribution is 2.08. The number of hydrogen-bond acceptors (Lipinski definition) is 2. The van der Waals surface area contributed by atoms with Crippen LogP contribution in [0.25, 0.3) is 10.4 Å². The highest BCUT2D eigenvalue weighted by atomic mass is 35.5. The largest absolute Gasteiger partial charge is 0.324 e. The summed E-state index contributed by atoms with van der Waals surface area (Å²) in [6.45, 7) is 0.306. The predicted molar refractivity (Wildman–Crippen MR) is 54.6 cm³/mol. The first-order valence-corrected chi connectivity index (χ1v) is 3.66. The zero-order valence-electron chi connectivity index (χ0n) is 7.00. The lowest BCUT2D eigenvalue weighted by Gasteiger charge is -2.06. The molecule has 0 amide bonds. The fraction of sp³-hybridized carbons (Fsp3) is 0.250. The molecule has 0 radical (unpaired) electrons. The molecule has 2 N–H and O–H groups in total. The van der Waals surface area contributed by atoms with Gasteiger partial charge in [-0.25, -0.2) is 0 Å². The number of azide groups is 1. The zero-order chi connectivity index (χ0) is 8.81. The summed E-state index contributed by atoms with van der Waals surface area (Å²) in [6.07, 6.45) is 0. The molecule has 0 aliphatic carbocycles. The summed E-state index contributed by atoms with van der Waals surface area (Å²) >= 11 is 0. The Bertz CT molecular complexity index is 281. The summed E-state index contributed by atoms with van der Waals surface area (Å²) in [6, 6.07) is 9.37. The minimum absolute atomic E-state index is 0. The lowest BCUT2D eigenvalue weighted by Crippen LogP contribution is -2.12. The van der Waals surface area contributed by atoms with Crippen molar-refractivity contribution in [3.63, 3.8) is 0 Å². The van der Waals surface area contributed by atoms with Crippen LogP contribution in [0.2, 0.25) is 0 Å². The van der Waals surface area contributed by atoms with Gasteiger partial charge < -0.3 is 5.73 Å². The van der Waals surface area contributed by atoms with Crippen molar-refractivity contribution >= 4 is 12.4 Å². The van der Waals surface area contributed by atoms with Crippen molar-refractivity contribution in [3.8, 4) is 0 Å². The predicted octanol–water partition coefficient (Wildman–Crippen LogP) is 2.42. The molecule has 4 nitrogen and oxygen atoms in total. The normalized spacial score (nSPS) is 10.8. The minimum Gasteiger partial charge on any atom is -0.324 e. The van der Waals surface area contributed by atoms with Crippen molar-refractivity contribution in [2.45, 2.75) is 6.04 Å².